The number of ketones is 2. The average molecular weight is 469 g/mol. The first kappa shape index (κ1) is 22.9. The molecule has 0 saturated carbocycles. The molecule has 0 radical (unpaired) electrons. The van der Waals surface area contributed by atoms with Crippen LogP contribution in [0.1, 0.15) is 75.3 Å². The molecule has 6 N–H and O–H groups in total. The Hall–Kier alpha value is -2.82. The van der Waals surface area contributed by atoms with Crippen molar-refractivity contribution < 1.29 is 39.5 Å². The van der Waals surface area contributed by atoms with E-state index in [0.717, 1.165) is 0 Å². The van der Waals surface area contributed by atoms with Gasteiger partial charge in [-0.05, 0) is 13.3 Å². The lowest BCUT2D eigenvalue weighted by Crippen LogP contribution is -2.45. The highest BCUT2D eigenvalue weighted by Gasteiger charge is 2.46. The van der Waals surface area contributed by atoms with Crippen molar-refractivity contribution in [3.63, 3.8) is 0 Å². The van der Waals surface area contributed by atoms with Crippen LogP contribution in [0.3, 0.4) is 0 Å². The van der Waals surface area contributed by atoms with E-state index in [1.807, 2.05) is 6.92 Å². The van der Waals surface area contributed by atoms with Crippen molar-refractivity contribution in [2.24, 2.45) is 5.73 Å². The zero-order valence-electron chi connectivity index (χ0n) is 18.7. The van der Waals surface area contributed by atoms with Crippen LogP contribution < -0.4 is 5.73 Å². The third kappa shape index (κ3) is 3.52. The predicted octanol–water partition coefficient (Wildman–Crippen LogP) is 1.45. The monoisotopic (exact) mass is 469 g/mol. The minimum Gasteiger partial charge on any atom is -0.507 e. The van der Waals surface area contributed by atoms with Gasteiger partial charge in [0.2, 0.25) is 0 Å². The standard InChI is InChI=1S/C25H27NO8/c1-11-6-12(26)7-17(33-11)34-16-9-25(32,10-27)8-15-18(16)24(31)20-19(23(15)30)21(28)13-4-2-3-5-14(13)22(20)29/h2-5,11-12,16-17,27,30-32H,6-10,26H2,1H3/t11?,12?,16-,17?,25-/m0/s1. The van der Waals surface area contributed by atoms with Crippen molar-refractivity contribution >= 4 is 11.6 Å². The number of rotatable bonds is 3. The predicted molar refractivity (Wildman–Crippen MR) is 119 cm³/mol. The van der Waals surface area contributed by atoms with E-state index in [9.17, 15) is 30.0 Å². The summed E-state index contributed by atoms with van der Waals surface area (Å²) in [7, 11) is 0. The molecule has 3 aliphatic rings. The quantitative estimate of drug-likeness (QED) is 0.358. The molecule has 0 bridgehead atoms. The Labute approximate surface area is 195 Å². The normalized spacial score (nSPS) is 30.5. The van der Waals surface area contributed by atoms with Gasteiger partial charge in [-0.15, -0.1) is 0 Å². The molecular weight excluding hydrogens is 442 g/mol. The lowest BCUT2D eigenvalue weighted by atomic mass is 9.73. The van der Waals surface area contributed by atoms with Crippen LogP contribution in [0.5, 0.6) is 11.5 Å². The molecule has 9 nitrogen and oxygen atoms in total. The van der Waals surface area contributed by atoms with Gasteiger partial charge in [0.05, 0.1) is 35.5 Å². The number of aliphatic hydroxyl groups excluding tert-OH is 1. The molecule has 0 aromatic heterocycles. The number of nitrogens with two attached hydrogens (primary N) is 1. The highest BCUT2D eigenvalue weighted by atomic mass is 16.7. The minimum atomic E-state index is -1.68. The zero-order valence-corrected chi connectivity index (χ0v) is 18.7. The van der Waals surface area contributed by atoms with Gasteiger partial charge in [0.1, 0.15) is 11.5 Å². The molecule has 34 heavy (non-hydrogen) atoms. The Bertz CT molecular complexity index is 1180. The number of carbonyl (C=O) groups is 2. The minimum absolute atomic E-state index is 0.0535. The van der Waals surface area contributed by atoms with Crippen LogP contribution in [0.4, 0.5) is 0 Å². The summed E-state index contributed by atoms with van der Waals surface area (Å²) in [5.41, 5.74) is 4.21. The number of benzene rings is 2. The first-order valence-electron chi connectivity index (χ1n) is 11.3. The summed E-state index contributed by atoms with van der Waals surface area (Å²) in [5, 5.41) is 43.3. The number of carbonyl (C=O) groups excluding carboxylic acids is 2. The SMILES string of the molecule is CC1CC(N)CC(O[C@H]2C[C@](O)(CO)Cc3c(O)c4c(c(O)c32)C(=O)c2ccccc2C4=O)O1. The van der Waals surface area contributed by atoms with Gasteiger partial charge in [-0.1, -0.05) is 24.3 Å². The molecule has 1 aliphatic heterocycles. The van der Waals surface area contributed by atoms with Crippen molar-refractivity contribution in [1.29, 1.82) is 0 Å². The fourth-order valence-corrected chi connectivity index (χ4v) is 5.41. The summed E-state index contributed by atoms with van der Waals surface area (Å²) < 4.78 is 11.9. The molecule has 180 valence electrons. The summed E-state index contributed by atoms with van der Waals surface area (Å²) in [6.07, 6.45) is -1.30. The lowest BCUT2D eigenvalue weighted by molar-refractivity contribution is -0.227. The topological polar surface area (TPSA) is 160 Å². The van der Waals surface area contributed by atoms with Crippen LogP contribution in [0.2, 0.25) is 0 Å². The summed E-state index contributed by atoms with van der Waals surface area (Å²) in [6.45, 7) is 1.22. The molecule has 0 spiro atoms. The highest BCUT2D eigenvalue weighted by molar-refractivity contribution is 6.30. The van der Waals surface area contributed by atoms with E-state index >= 15 is 0 Å². The van der Waals surface area contributed by atoms with Crippen LogP contribution >= 0.6 is 0 Å². The van der Waals surface area contributed by atoms with E-state index in [0.29, 0.717) is 12.8 Å². The Morgan fingerprint density at radius 1 is 1.09 bits per heavy atom. The zero-order chi connectivity index (χ0) is 24.4. The van der Waals surface area contributed by atoms with Gasteiger partial charge in [0.25, 0.3) is 0 Å². The summed E-state index contributed by atoms with van der Waals surface area (Å²) >= 11 is 0. The number of fused-ring (bicyclic) bond motifs is 3. The van der Waals surface area contributed by atoms with Crippen molar-refractivity contribution in [3.05, 3.63) is 57.6 Å². The van der Waals surface area contributed by atoms with Gasteiger partial charge in [0.15, 0.2) is 17.9 Å². The molecule has 1 fully saturated rings. The van der Waals surface area contributed by atoms with Crippen molar-refractivity contribution in [3.8, 4) is 11.5 Å². The smallest absolute Gasteiger partial charge is 0.198 e. The molecule has 5 atom stereocenters. The van der Waals surface area contributed by atoms with E-state index in [-0.39, 0.29) is 58.4 Å². The van der Waals surface area contributed by atoms with Crippen LogP contribution in [0, 0.1) is 0 Å². The average Bonchev–Trinajstić information content (AvgIpc) is 2.79. The Kier molecular flexibility index (Phi) is 5.50. The summed E-state index contributed by atoms with van der Waals surface area (Å²) in [6, 6.07) is 6.02. The van der Waals surface area contributed by atoms with E-state index in [1.54, 1.807) is 12.1 Å². The fourth-order valence-electron chi connectivity index (χ4n) is 5.41. The molecule has 1 saturated heterocycles. The second kappa shape index (κ2) is 8.14. The Morgan fingerprint density at radius 2 is 1.71 bits per heavy atom. The maximum atomic E-state index is 13.3. The van der Waals surface area contributed by atoms with Crippen LogP contribution in [0.15, 0.2) is 24.3 Å². The molecule has 3 unspecified atom stereocenters. The third-order valence-corrected chi connectivity index (χ3v) is 6.98. The molecule has 2 aromatic carbocycles. The van der Waals surface area contributed by atoms with Gasteiger partial charge in [-0.25, -0.2) is 0 Å². The highest BCUT2D eigenvalue weighted by Crippen LogP contribution is 2.51. The molecule has 9 heteroatoms. The van der Waals surface area contributed by atoms with Gasteiger partial charge < -0.3 is 35.6 Å². The van der Waals surface area contributed by atoms with Crippen LogP contribution in [0.25, 0.3) is 0 Å². The van der Waals surface area contributed by atoms with E-state index in [4.69, 9.17) is 15.2 Å². The van der Waals surface area contributed by atoms with Gasteiger partial charge >= 0.3 is 0 Å². The summed E-state index contributed by atoms with van der Waals surface area (Å²) in [4.78, 5) is 26.5. The molecule has 2 aliphatic carbocycles. The van der Waals surface area contributed by atoms with Crippen molar-refractivity contribution in [2.75, 3.05) is 6.61 Å². The number of ether oxygens (including phenoxy) is 2. The molecule has 5 rings (SSSR count). The van der Waals surface area contributed by atoms with Crippen molar-refractivity contribution in [1.82, 2.24) is 0 Å². The Balaban J connectivity index is 1.66. The number of hydrogen-bond acceptors (Lipinski definition) is 9. The molecular formula is C25H27NO8. The number of phenolic OH excluding ortho intramolecular Hbond substituents is 2. The van der Waals surface area contributed by atoms with Crippen molar-refractivity contribution in [2.45, 2.75) is 62.7 Å². The van der Waals surface area contributed by atoms with Crippen LogP contribution in [-0.4, -0.2) is 62.6 Å². The number of hydrogen-bond donors (Lipinski definition) is 5. The van der Waals surface area contributed by atoms with E-state index < -0.39 is 47.7 Å². The first-order valence-corrected chi connectivity index (χ1v) is 11.3. The maximum absolute atomic E-state index is 13.3. The molecule has 1 heterocycles. The lowest BCUT2D eigenvalue weighted by Gasteiger charge is -2.41. The molecule has 2 aromatic rings. The first-order chi connectivity index (χ1) is 16.1. The maximum Gasteiger partial charge on any atom is 0.198 e. The number of aliphatic hydroxyl groups is 2. The Morgan fingerprint density at radius 3 is 2.29 bits per heavy atom. The third-order valence-electron chi connectivity index (χ3n) is 6.98. The largest absolute Gasteiger partial charge is 0.507 e. The fraction of sp³-hybridized carbons (Fsp3) is 0.440. The second-order valence-corrected chi connectivity index (χ2v) is 9.54. The number of phenols is 2. The van der Waals surface area contributed by atoms with Gasteiger partial charge in [-0.2, -0.15) is 0 Å². The van der Waals surface area contributed by atoms with E-state index in [1.165, 1.54) is 12.1 Å². The summed E-state index contributed by atoms with van der Waals surface area (Å²) in [5.74, 6) is -2.18. The van der Waals surface area contributed by atoms with Gasteiger partial charge in [-0.3, -0.25) is 9.59 Å². The molecule has 0 amide bonds. The van der Waals surface area contributed by atoms with Crippen LogP contribution in [-0.2, 0) is 15.9 Å². The van der Waals surface area contributed by atoms with Gasteiger partial charge in [0, 0.05) is 47.6 Å². The second-order valence-electron chi connectivity index (χ2n) is 9.54. The van der Waals surface area contributed by atoms with E-state index in [2.05, 4.69) is 0 Å². The number of aromatic hydroxyl groups is 2.